The maximum atomic E-state index is 6.22. The molecule has 0 fully saturated rings. The number of nitrogens with two attached hydrogens (primary N) is 1. The standard InChI is InChI=1S/C14H16Cl2N2/c1-8-6-9(7-14(2,3)17)10-4-5-11(15)12(16)13(10)18-8/h4-6H,7,17H2,1-3H3. The van der Waals surface area contributed by atoms with Gasteiger partial charge >= 0.3 is 0 Å². The molecule has 2 aromatic rings. The summed E-state index contributed by atoms with van der Waals surface area (Å²) in [4.78, 5) is 4.47. The molecule has 1 aromatic heterocycles. The largest absolute Gasteiger partial charge is 0.325 e. The van der Waals surface area contributed by atoms with Crippen LogP contribution in [-0.2, 0) is 6.42 Å². The van der Waals surface area contributed by atoms with Gasteiger partial charge in [0.15, 0.2) is 0 Å². The van der Waals surface area contributed by atoms with Crippen LogP contribution in [0.2, 0.25) is 10.0 Å². The molecular formula is C14H16Cl2N2. The van der Waals surface area contributed by atoms with Crippen molar-refractivity contribution in [2.24, 2.45) is 5.73 Å². The van der Waals surface area contributed by atoms with Crippen LogP contribution in [0, 0.1) is 6.92 Å². The normalized spacial score (nSPS) is 12.1. The monoisotopic (exact) mass is 282 g/mol. The van der Waals surface area contributed by atoms with Gasteiger partial charge in [-0.1, -0.05) is 29.3 Å². The van der Waals surface area contributed by atoms with Gasteiger partial charge in [-0.25, -0.2) is 0 Å². The minimum Gasteiger partial charge on any atom is -0.325 e. The van der Waals surface area contributed by atoms with Crippen molar-refractivity contribution in [3.63, 3.8) is 0 Å². The predicted molar refractivity (Wildman–Crippen MR) is 78.5 cm³/mol. The Labute approximate surface area is 117 Å². The van der Waals surface area contributed by atoms with Gasteiger partial charge in [0.25, 0.3) is 0 Å². The van der Waals surface area contributed by atoms with E-state index in [1.807, 2.05) is 26.8 Å². The van der Waals surface area contributed by atoms with Crippen molar-refractivity contribution in [2.75, 3.05) is 0 Å². The third-order valence-corrected chi connectivity index (χ3v) is 3.53. The Hall–Kier alpha value is -0.830. The highest BCUT2D eigenvalue weighted by Crippen LogP contribution is 2.32. The van der Waals surface area contributed by atoms with Crippen LogP contribution >= 0.6 is 23.2 Å². The predicted octanol–water partition coefficient (Wildman–Crippen LogP) is 4.13. The molecule has 0 atom stereocenters. The summed E-state index contributed by atoms with van der Waals surface area (Å²) in [6.45, 7) is 5.96. The summed E-state index contributed by atoms with van der Waals surface area (Å²) in [5, 5.41) is 2.06. The van der Waals surface area contributed by atoms with E-state index in [9.17, 15) is 0 Å². The average Bonchev–Trinajstić information content (AvgIpc) is 2.21. The Morgan fingerprint density at radius 2 is 1.94 bits per heavy atom. The van der Waals surface area contributed by atoms with Crippen LogP contribution in [0.1, 0.15) is 25.1 Å². The van der Waals surface area contributed by atoms with Crippen LogP contribution in [0.25, 0.3) is 10.9 Å². The van der Waals surface area contributed by atoms with E-state index < -0.39 is 0 Å². The maximum Gasteiger partial charge on any atom is 0.0909 e. The zero-order valence-corrected chi connectivity index (χ0v) is 12.2. The van der Waals surface area contributed by atoms with E-state index in [-0.39, 0.29) is 5.54 Å². The van der Waals surface area contributed by atoms with Crippen LogP contribution in [0.5, 0.6) is 0 Å². The molecule has 1 heterocycles. The summed E-state index contributed by atoms with van der Waals surface area (Å²) in [6.07, 6.45) is 0.769. The van der Waals surface area contributed by atoms with Gasteiger partial charge in [0.1, 0.15) is 0 Å². The van der Waals surface area contributed by atoms with Crippen molar-refractivity contribution in [3.8, 4) is 0 Å². The number of fused-ring (bicyclic) bond motifs is 1. The Bertz CT molecular complexity index is 601. The molecule has 2 nitrogen and oxygen atoms in total. The van der Waals surface area contributed by atoms with Gasteiger partial charge in [0.2, 0.25) is 0 Å². The van der Waals surface area contributed by atoms with Crippen molar-refractivity contribution >= 4 is 34.1 Å². The average molecular weight is 283 g/mol. The van der Waals surface area contributed by atoms with Crippen LogP contribution in [0.3, 0.4) is 0 Å². The molecule has 4 heteroatoms. The molecule has 0 spiro atoms. The first-order chi connectivity index (χ1) is 8.28. The fraction of sp³-hybridized carbons (Fsp3) is 0.357. The van der Waals surface area contributed by atoms with E-state index in [2.05, 4.69) is 11.1 Å². The fourth-order valence-electron chi connectivity index (χ4n) is 2.08. The molecule has 0 radical (unpaired) electrons. The number of benzene rings is 1. The highest BCUT2D eigenvalue weighted by Gasteiger charge is 2.16. The lowest BCUT2D eigenvalue weighted by molar-refractivity contribution is 0.518. The number of aromatic nitrogens is 1. The summed E-state index contributed by atoms with van der Waals surface area (Å²) < 4.78 is 0. The van der Waals surface area contributed by atoms with Crippen molar-refractivity contribution in [2.45, 2.75) is 32.7 Å². The molecular weight excluding hydrogens is 267 g/mol. The van der Waals surface area contributed by atoms with Crippen LogP contribution in [0.15, 0.2) is 18.2 Å². The number of hydrogen-bond donors (Lipinski definition) is 1. The molecule has 0 bridgehead atoms. The Kier molecular flexibility index (Phi) is 3.54. The minimum atomic E-state index is -0.271. The zero-order chi connectivity index (χ0) is 13.5. The lowest BCUT2D eigenvalue weighted by atomic mass is 9.93. The van der Waals surface area contributed by atoms with Gasteiger partial charge in [-0.2, -0.15) is 0 Å². The molecule has 0 unspecified atom stereocenters. The zero-order valence-electron chi connectivity index (χ0n) is 10.7. The number of pyridine rings is 1. The van der Waals surface area contributed by atoms with E-state index >= 15 is 0 Å². The van der Waals surface area contributed by atoms with Gasteiger partial charge in [0, 0.05) is 16.6 Å². The van der Waals surface area contributed by atoms with Crippen molar-refractivity contribution in [1.82, 2.24) is 4.98 Å². The Balaban J connectivity index is 2.71. The number of halogens is 2. The van der Waals surface area contributed by atoms with E-state index in [1.165, 1.54) is 0 Å². The maximum absolute atomic E-state index is 6.22. The Morgan fingerprint density at radius 1 is 1.28 bits per heavy atom. The van der Waals surface area contributed by atoms with Gasteiger partial charge in [-0.15, -0.1) is 0 Å². The second-order valence-corrected chi connectivity index (χ2v) is 6.13. The third-order valence-electron chi connectivity index (χ3n) is 2.73. The van der Waals surface area contributed by atoms with Crippen molar-refractivity contribution < 1.29 is 0 Å². The molecule has 0 saturated carbocycles. The highest BCUT2D eigenvalue weighted by molar-refractivity contribution is 6.45. The Morgan fingerprint density at radius 3 is 2.56 bits per heavy atom. The van der Waals surface area contributed by atoms with Crippen molar-refractivity contribution in [1.29, 1.82) is 0 Å². The summed E-state index contributed by atoms with van der Waals surface area (Å²) in [5.74, 6) is 0. The second-order valence-electron chi connectivity index (χ2n) is 5.35. The molecule has 0 aliphatic heterocycles. The molecule has 0 aliphatic carbocycles. The molecule has 96 valence electrons. The summed E-state index contributed by atoms with van der Waals surface area (Å²) in [6, 6.07) is 5.81. The SMILES string of the molecule is Cc1cc(CC(C)(C)N)c2ccc(Cl)c(Cl)c2n1. The lowest BCUT2D eigenvalue weighted by Crippen LogP contribution is -2.34. The van der Waals surface area contributed by atoms with E-state index in [4.69, 9.17) is 28.9 Å². The molecule has 2 rings (SSSR count). The molecule has 2 N–H and O–H groups in total. The highest BCUT2D eigenvalue weighted by atomic mass is 35.5. The van der Waals surface area contributed by atoms with Crippen LogP contribution in [0.4, 0.5) is 0 Å². The quantitative estimate of drug-likeness (QED) is 0.900. The summed E-state index contributed by atoms with van der Waals surface area (Å²) in [7, 11) is 0. The van der Waals surface area contributed by atoms with Gasteiger partial charge in [0.05, 0.1) is 15.6 Å². The molecule has 18 heavy (non-hydrogen) atoms. The number of rotatable bonds is 2. The topological polar surface area (TPSA) is 38.9 Å². The fourth-order valence-corrected chi connectivity index (χ4v) is 2.44. The summed E-state index contributed by atoms with van der Waals surface area (Å²) >= 11 is 12.2. The number of aryl methyl sites for hydroxylation is 1. The third kappa shape index (κ3) is 2.77. The van der Waals surface area contributed by atoms with Crippen LogP contribution < -0.4 is 5.73 Å². The molecule has 0 amide bonds. The minimum absolute atomic E-state index is 0.271. The van der Waals surface area contributed by atoms with Crippen molar-refractivity contribution in [3.05, 3.63) is 39.5 Å². The first-order valence-electron chi connectivity index (χ1n) is 5.81. The van der Waals surface area contributed by atoms with E-state index in [0.29, 0.717) is 10.0 Å². The van der Waals surface area contributed by atoms with Gasteiger partial charge in [-0.05, 0) is 44.9 Å². The number of hydrogen-bond acceptors (Lipinski definition) is 2. The van der Waals surface area contributed by atoms with E-state index in [0.717, 1.165) is 28.6 Å². The first kappa shape index (κ1) is 13.6. The molecule has 1 aromatic carbocycles. The molecule has 0 saturated heterocycles. The second kappa shape index (κ2) is 4.69. The molecule has 0 aliphatic rings. The summed E-state index contributed by atoms with van der Waals surface area (Å²) in [5.41, 5.74) is 8.66. The lowest BCUT2D eigenvalue weighted by Gasteiger charge is -2.20. The van der Waals surface area contributed by atoms with Gasteiger partial charge < -0.3 is 5.73 Å². The van der Waals surface area contributed by atoms with E-state index in [1.54, 1.807) is 6.07 Å². The van der Waals surface area contributed by atoms with Crippen LogP contribution in [-0.4, -0.2) is 10.5 Å². The number of nitrogens with zero attached hydrogens (tertiary/aromatic N) is 1. The smallest absolute Gasteiger partial charge is 0.0909 e. The van der Waals surface area contributed by atoms with Gasteiger partial charge in [-0.3, -0.25) is 4.98 Å². The first-order valence-corrected chi connectivity index (χ1v) is 6.56.